The lowest BCUT2D eigenvalue weighted by Gasteiger charge is -2.24. The molecule has 0 aliphatic carbocycles. The second-order valence-corrected chi connectivity index (χ2v) is 10.5. The number of benzene rings is 2. The number of ether oxygens (including phenoxy) is 1. The summed E-state index contributed by atoms with van der Waals surface area (Å²) < 4.78 is 29.5. The van der Waals surface area contributed by atoms with E-state index in [1.165, 1.54) is 11.8 Å². The van der Waals surface area contributed by atoms with Crippen LogP contribution in [0.25, 0.3) is 0 Å². The molecule has 0 unspecified atom stereocenters. The highest BCUT2D eigenvalue weighted by molar-refractivity contribution is 8.16. The standard InChI is InChI=1S/C21H22N2O4S2/c1-27-17-10-8-16(9-11-17)23-18-13-29(25,26)14-19(18)28-21(23)22-20(24)12-7-15-5-3-2-4-6-15/h2-6,8-11,18-19H,7,12-14H2,1H3/t18-,19+/m0/s1. The molecule has 1 amide bonds. The van der Waals surface area contributed by atoms with Gasteiger partial charge in [-0.25, -0.2) is 8.42 Å². The van der Waals surface area contributed by atoms with Crippen molar-refractivity contribution in [1.82, 2.24) is 0 Å². The number of hydrogen-bond donors (Lipinski definition) is 0. The molecule has 0 spiro atoms. The highest BCUT2D eigenvalue weighted by Gasteiger charge is 2.49. The number of aliphatic imine (C=N–C) groups is 1. The Kier molecular flexibility index (Phi) is 5.65. The Bertz CT molecular complexity index is 1020. The lowest BCUT2D eigenvalue weighted by atomic mass is 10.1. The van der Waals surface area contributed by atoms with E-state index in [-0.39, 0.29) is 28.7 Å². The van der Waals surface area contributed by atoms with Gasteiger partial charge in [0.1, 0.15) is 5.75 Å². The first kappa shape index (κ1) is 20.0. The van der Waals surface area contributed by atoms with Gasteiger partial charge in [-0.2, -0.15) is 4.99 Å². The minimum absolute atomic E-state index is 0.0773. The molecule has 2 aromatic rings. The Morgan fingerprint density at radius 2 is 1.86 bits per heavy atom. The van der Waals surface area contributed by atoms with Crippen LogP contribution in [0.2, 0.25) is 0 Å². The molecule has 2 atom stereocenters. The fourth-order valence-electron chi connectivity index (χ4n) is 3.67. The van der Waals surface area contributed by atoms with Gasteiger partial charge in [0.25, 0.3) is 0 Å². The number of sulfone groups is 1. The van der Waals surface area contributed by atoms with Crippen molar-refractivity contribution in [1.29, 1.82) is 0 Å². The predicted octanol–water partition coefficient (Wildman–Crippen LogP) is 2.93. The van der Waals surface area contributed by atoms with E-state index >= 15 is 0 Å². The summed E-state index contributed by atoms with van der Waals surface area (Å²) in [4.78, 5) is 18.8. The number of carbonyl (C=O) groups is 1. The molecular weight excluding hydrogens is 408 g/mol. The molecule has 0 bridgehead atoms. The van der Waals surface area contributed by atoms with E-state index in [0.717, 1.165) is 11.3 Å². The van der Waals surface area contributed by atoms with Gasteiger partial charge in [0.05, 0.1) is 24.7 Å². The van der Waals surface area contributed by atoms with Crippen molar-refractivity contribution >= 4 is 38.4 Å². The van der Waals surface area contributed by atoms with Crippen LogP contribution in [-0.2, 0) is 21.1 Å². The SMILES string of the molecule is COc1ccc(N2C(=NC(=O)CCc3ccccc3)S[C@@H]3CS(=O)(=O)C[C@@H]32)cc1. The minimum atomic E-state index is -3.08. The van der Waals surface area contributed by atoms with Crippen LogP contribution in [0.3, 0.4) is 0 Å². The van der Waals surface area contributed by atoms with E-state index in [1.54, 1.807) is 7.11 Å². The van der Waals surface area contributed by atoms with E-state index in [4.69, 9.17) is 4.74 Å². The molecule has 2 aliphatic rings. The zero-order chi connectivity index (χ0) is 20.4. The molecule has 2 saturated heterocycles. The number of carbonyl (C=O) groups excluding carboxylic acids is 1. The molecule has 0 radical (unpaired) electrons. The number of fused-ring (bicyclic) bond motifs is 1. The number of rotatable bonds is 5. The highest BCUT2D eigenvalue weighted by atomic mass is 32.2. The molecule has 152 valence electrons. The lowest BCUT2D eigenvalue weighted by Crippen LogP contribution is -2.37. The Balaban J connectivity index is 1.57. The third-order valence-electron chi connectivity index (χ3n) is 5.11. The maximum atomic E-state index is 12.5. The summed E-state index contributed by atoms with van der Waals surface area (Å²) in [7, 11) is -1.49. The van der Waals surface area contributed by atoms with Crippen LogP contribution in [0.1, 0.15) is 12.0 Å². The number of amidine groups is 1. The topological polar surface area (TPSA) is 76.0 Å². The van der Waals surface area contributed by atoms with Crippen LogP contribution < -0.4 is 9.64 Å². The van der Waals surface area contributed by atoms with Gasteiger partial charge in [0, 0.05) is 17.4 Å². The van der Waals surface area contributed by atoms with Crippen molar-refractivity contribution in [2.75, 3.05) is 23.5 Å². The molecular formula is C21H22N2O4S2. The molecule has 0 saturated carbocycles. The van der Waals surface area contributed by atoms with Crippen molar-refractivity contribution < 1.29 is 17.9 Å². The molecule has 2 heterocycles. The summed E-state index contributed by atoms with van der Waals surface area (Å²) in [6, 6.07) is 17.0. The minimum Gasteiger partial charge on any atom is -0.497 e. The number of hydrogen-bond acceptors (Lipinski definition) is 5. The van der Waals surface area contributed by atoms with Crippen molar-refractivity contribution in [3.8, 4) is 5.75 Å². The van der Waals surface area contributed by atoms with Crippen LogP contribution in [-0.4, -0.2) is 49.4 Å². The molecule has 6 nitrogen and oxygen atoms in total. The second-order valence-electron chi connectivity index (χ2n) is 7.14. The summed E-state index contributed by atoms with van der Waals surface area (Å²) in [5.74, 6) is 0.714. The average Bonchev–Trinajstić information content (AvgIpc) is 3.18. The maximum Gasteiger partial charge on any atom is 0.248 e. The fourth-order valence-corrected chi connectivity index (χ4v) is 7.60. The summed E-state index contributed by atoms with van der Waals surface area (Å²) in [6.45, 7) is 0. The zero-order valence-electron chi connectivity index (χ0n) is 16.0. The second kappa shape index (κ2) is 8.20. The van der Waals surface area contributed by atoms with Crippen LogP contribution in [0.5, 0.6) is 5.75 Å². The van der Waals surface area contributed by atoms with Gasteiger partial charge in [-0.05, 0) is 36.2 Å². The molecule has 0 aromatic heterocycles. The molecule has 0 N–H and O–H groups in total. The van der Waals surface area contributed by atoms with E-state index in [1.807, 2.05) is 59.5 Å². The van der Waals surface area contributed by atoms with Gasteiger partial charge in [-0.3, -0.25) is 4.79 Å². The number of anilines is 1. The Morgan fingerprint density at radius 3 is 2.55 bits per heavy atom. The van der Waals surface area contributed by atoms with E-state index in [0.29, 0.717) is 23.8 Å². The molecule has 29 heavy (non-hydrogen) atoms. The highest BCUT2D eigenvalue weighted by Crippen LogP contribution is 2.41. The molecule has 8 heteroatoms. The fraction of sp³-hybridized carbons (Fsp3) is 0.333. The number of aryl methyl sites for hydroxylation is 1. The van der Waals surface area contributed by atoms with E-state index in [9.17, 15) is 13.2 Å². The monoisotopic (exact) mass is 430 g/mol. The third-order valence-corrected chi connectivity index (χ3v) is 8.32. The van der Waals surface area contributed by atoms with E-state index in [2.05, 4.69) is 4.99 Å². The number of methoxy groups -OCH3 is 1. The quantitative estimate of drug-likeness (QED) is 0.726. The molecule has 4 rings (SSSR count). The number of thioether (sulfide) groups is 1. The number of amides is 1. The zero-order valence-corrected chi connectivity index (χ0v) is 17.7. The third kappa shape index (κ3) is 4.48. The van der Waals surface area contributed by atoms with Gasteiger partial charge in [-0.1, -0.05) is 42.1 Å². The van der Waals surface area contributed by atoms with Gasteiger partial charge in [-0.15, -0.1) is 0 Å². The summed E-state index contributed by atoms with van der Waals surface area (Å²) in [6.07, 6.45) is 0.947. The van der Waals surface area contributed by atoms with Crippen molar-refractivity contribution in [3.63, 3.8) is 0 Å². The Hall–Kier alpha value is -2.32. The first-order valence-electron chi connectivity index (χ1n) is 9.41. The van der Waals surface area contributed by atoms with Gasteiger partial charge in [0.15, 0.2) is 15.0 Å². The summed E-state index contributed by atoms with van der Waals surface area (Å²) in [5, 5.41) is 0.473. The first-order chi connectivity index (χ1) is 13.9. The Morgan fingerprint density at radius 1 is 1.14 bits per heavy atom. The van der Waals surface area contributed by atoms with Gasteiger partial charge in [0.2, 0.25) is 5.91 Å². The molecule has 2 aliphatic heterocycles. The largest absolute Gasteiger partial charge is 0.497 e. The van der Waals surface area contributed by atoms with Crippen LogP contribution in [0.4, 0.5) is 5.69 Å². The van der Waals surface area contributed by atoms with Crippen LogP contribution in [0, 0.1) is 0 Å². The smallest absolute Gasteiger partial charge is 0.248 e. The predicted molar refractivity (Wildman–Crippen MR) is 116 cm³/mol. The normalized spacial score (nSPS) is 23.9. The molecule has 2 aromatic carbocycles. The maximum absolute atomic E-state index is 12.5. The van der Waals surface area contributed by atoms with Crippen molar-refractivity contribution in [3.05, 3.63) is 60.2 Å². The van der Waals surface area contributed by atoms with Gasteiger partial charge >= 0.3 is 0 Å². The first-order valence-corrected chi connectivity index (χ1v) is 12.1. The number of nitrogens with zero attached hydrogens (tertiary/aromatic N) is 2. The van der Waals surface area contributed by atoms with Crippen molar-refractivity contribution in [2.45, 2.75) is 24.1 Å². The lowest BCUT2D eigenvalue weighted by molar-refractivity contribution is -0.117. The van der Waals surface area contributed by atoms with Crippen molar-refractivity contribution in [2.24, 2.45) is 4.99 Å². The van der Waals surface area contributed by atoms with Gasteiger partial charge < -0.3 is 9.64 Å². The average molecular weight is 431 g/mol. The summed E-state index contributed by atoms with van der Waals surface area (Å²) >= 11 is 1.39. The van der Waals surface area contributed by atoms with Crippen LogP contribution in [0.15, 0.2) is 59.6 Å². The summed E-state index contributed by atoms with van der Waals surface area (Å²) in [5.41, 5.74) is 1.91. The Labute approximate surface area is 174 Å². The molecule has 2 fully saturated rings. The van der Waals surface area contributed by atoms with E-state index < -0.39 is 9.84 Å². The van der Waals surface area contributed by atoms with Crippen LogP contribution >= 0.6 is 11.8 Å².